The Morgan fingerprint density at radius 2 is 2.05 bits per heavy atom. The molecule has 0 aliphatic carbocycles. The van der Waals surface area contributed by atoms with Crippen molar-refractivity contribution in [2.24, 2.45) is 0 Å². The summed E-state index contributed by atoms with van der Waals surface area (Å²) in [5.41, 5.74) is 1.86. The number of para-hydroxylation sites is 1. The van der Waals surface area contributed by atoms with Crippen LogP contribution in [0.2, 0.25) is 0 Å². The standard InChI is InChI=1S/C14H16N4O3/c1-15-11-4-3-5-12(14(11)18(19)20)16-8-10-6-7-13(21-2)17-9-10/h3-7,9,15-16H,8H2,1-2H3. The Morgan fingerprint density at radius 3 is 2.62 bits per heavy atom. The maximum atomic E-state index is 11.2. The van der Waals surface area contributed by atoms with E-state index >= 15 is 0 Å². The van der Waals surface area contributed by atoms with Crippen LogP contribution >= 0.6 is 0 Å². The zero-order chi connectivity index (χ0) is 15.2. The average Bonchev–Trinajstić information content (AvgIpc) is 2.52. The molecule has 7 nitrogen and oxygen atoms in total. The van der Waals surface area contributed by atoms with E-state index in [9.17, 15) is 10.1 Å². The highest BCUT2D eigenvalue weighted by molar-refractivity contribution is 5.76. The van der Waals surface area contributed by atoms with Gasteiger partial charge in [0.1, 0.15) is 11.4 Å². The number of ether oxygens (including phenoxy) is 1. The summed E-state index contributed by atoms with van der Waals surface area (Å²) in [5, 5.41) is 17.1. The number of hydrogen-bond donors (Lipinski definition) is 2. The van der Waals surface area contributed by atoms with E-state index in [2.05, 4.69) is 15.6 Å². The number of nitro groups is 1. The first-order valence-corrected chi connectivity index (χ1v) is 6.33. The van der Waals surface area contributed by atoms with Crippen LogP contribution in [0.3, 0.4) is 0 Å². The van der Waals surface area contributed by atoms with Crippen molar-refractivity contribution in [2.75, 3.05) is 24.8 Å². The predicted octanol–water partition coefficient (Wildman–Crippen LogP) is 2.65. The Bertz CT molecular complexity index is 629. The number of rotatable bonds is 6. The molecule has 1 aromatic carbocycles. The number of aromatic nitrogens is 1. The number of hydrogen-bond acceptors (Lipinski definition) is 6. The minimum Gasteiger partial charge on any atom is -0.481 e. The van der Waals surface area contributed by atoms with Crippen LogP contribution in [0.4, 0.5) is 17.1 Å². The van der Waals surface area contributed by atoms with Crippen LogP contribution in [0, 0.1) is 10.1 Å². The van der Waals surface area contributed by atoms with E-state index in [4.69, 9.17) is 4.74 Å². The number of methoxy groups -OCH3 is 1. The lowest BCUT2D eigenvalue weighted by molar-refractivity contribution is -0.383. The molecule has 0 amide bonds. The van der Waals surface area contributed by atoms with Crippen LogP contribution in [0.25, 0.3) is 0 Å². The molecule has 0 aliphatic rings. The Hall–Kier alpha value is -2.83. The third kappa shape index (κ3) is 3.38. The lowest BCUT2D eigenvalue weighted by Crippen LogP contribution is -2.05. The molecule has 0 fully saturated rings. The SMILES string of the molecule is CNc1cccc(NCc2ccc(OC)nc2)c1[N+](=O)[O-]. The lowest BCUT2D eigenvalue weighted by atomic mass is 10.2. The molecule has 110 valence electrons. The highest BCUT2D eigenvalue weighted by Gasteiger charge is 2.18. The van der Waals surface area contributed by atoms with Crippen molar-refractivity contribution < 1.29 is 9.66 Å². The summed E-state index contributed by atoms with van der Waals surface area (Å²) < 4.78 is 4.98. The summed E-state index contributed by atoms with van der Waals surface area (Å²) in [6, 6.07) is 8.70. The molecule has 0 radical (unpaired) electrons. The van der Waals surface area contributed by atoms with E-state index < -0.39 is 4.92 Å². The quantitative estimate of drug-likeness (QED) is 0.627. The van der Waals surface area contributed by atoms with Gasteiger partial charge in [0, 0.05) is 25.9 Å². The van der Waals surface area contributed by atoms with Crippen molar-refractivity contribution in [3.63, 3.8) is 0 Å². The molecule has 0 bridgehead atoms. The van der Waals surface area contributed by atoms with Crippen LogP contribution in [0.5, 0.6) is 5.88 Å². The maximum Gasteiger partial charge on any atom is 0.315 e. The zero-order valence-corrected chi connectivity index (χ0v) is 11.8. The Morgan fingerprint density at radius 1 is 1.29 bits per heavy atom. The largest absolute Gasteiger partial charge is 0.481 e. The predicted molar refractivity (Wildman–Crippen MR) is 80.8 cm³/mol. The van der Waals surface area contributed by atoms with Crippen molar-refractivity contribution in [1.29, 1.82) is 0 Å². The van der Waals surface area contributed by atoms with Gasteiger partial charge in [-0.15, -0.1) is 0 Å². The van der Waals surface area contributed by atoms with Gasteiger partial charge in [-0.2, -0.15) is 0 Å². The molecule has 0 saturated carbocycles. The van der Waals surface area contributed by atoms with E-state index in [0.29, 0.717) is 23.8 Å². The number of pyridine rings is 1. The van der Waals surface area contributed by atoms with Crippen LogP contribution in [-0.4, -0.2) is 24.1 Å². The van der Waals surface area contributed by atoms with Gasteiger partial charge in [0.25, 0.3) is 0 Å². The van der Waals surface area contributed by atoms with Gasteiger partial charge in [-0.05, 0) is 17.7 Å². The number of anilines is 2. The van der Waals surface area contributed by atoms with Crippen molar-refractivity contribution >= 4 is 17.1 Å². The van der Waals surface area contributed by atoms with Crippen molar-refractivity contribution in [3.8, 4) is 5.88 Å². The molecular formula is C14H16N4O3. The second kappa shape index (κ2) is 6.56. The second-order valence-corrected chi connectivity index (χ2v) is 4.27. The zero-order valence-electron chi connectivity index (χ0n) is 11.8. The maximum absolute atomic E-state index is 11.2. The summed E-state index contributed by atoms with van der Waals surface area (Å²) >= 11 is 0. The molecule has 7 heteroatoms. The molecule has 21 heavy (non-hydrogen) atoms. The number of nitrogens with zero attached hydrogens (tertiary/aromatic N) is 2. The van der Waals surface area contributed by atoms with Crippen LogP contribution in [-0.2, 0) is 6.54 Å². The third-order valence-electron chi connectivity index (χ3n) is 2.98. The second-order valence-electron chi connectivity index (χ2n) is 4.27. The molecule has 2 rings (SSSR count). The van der Waals surface area contributed by atoms with Gasteiger partial charge in [0.05, 0.1) is 12.0 Å². The fourth-order valence-electron chi connectivity index (χ4n) is 1.92. The van der Waals surface area contributed by atoms with E-state index in [1.807, 2.05) is 6.07 Å². The minimum absolute atomic E-state index is 0.0291. The van der Waals surface area contributed by atoms with E-state index in [0.717, 1.165) is 5.56 Å². The van der Waals surface area contributed by atoms with Gasteiger partial charge in [-0.3, -0.25) is 10.1 Å². The topological polar surface area (TPSA) is 89.3 Å². The third-order valence-corrected chi connectivity index (χ3v) is 2.98. The first-order chi connectivity index (χ1) is 10.2. The smallest absolute Gasteiger partial charge is 0.315 e. The van der Waals surface area contributed by atoms with Gasteiger partial charge in [0.2, 0.25) is 5.88 Å². The Balaban J connectivity index is 2.17. The minimum atomic E-state index is -0.402. The first kappa shape index (κ1) is 14.6. The fraction of sp³-hybridized carbons (Fsp3) is 0.214. The molecule has 0 atom stereocenters. The molecule has 2 aromatic rings. The van der Waals surface area contributed by atoms with Gasteiger partial charge in [-0.1, -0.05) is 12.1 Å². The molecule has 0 saturated heterocycles. The van der Waals surface area contributed by atoms with E-state index in [1.165, 1.54) is 0 Å². The molecule has 2 N–H and O–H groups in total. The van der Waals surface area contributed by atoms with Gasteiger partial charge in [-0.25, -0.2) is 4.98 Å². The van der Waals surface area contributed by atoms with E-state index in [-0.39, 0.29) is 5.69 Å². The molecule has 0 unspecified atom stereocenters. The monoisotopic (exact) mass is 288 g/mol. The summed E-state index contributed by atoms with van der Waals surface area (Å²) in [7, 11) is 3.20. The van der Waals surface area contributed by atoms with E-state index in [1.54, 1.807) is 44.6 Å². The van der Waals surface area contributed by atoms with Crippen molar-refractivity contribution in [1.82, 2.24) is 4.98 Å². The summed E-state index contributed by atoms with van der Waals surface area (Å²) in [6.07, 6.45) is 1.67. The van der Waals surface area contributed by atoms with Crippen molar-refractivity contribution in [2.45, 2.75) is 6.54 Å². The molecule has 1 aromatic heterocycles. The van der Waals surface area contributed by atoms with Gasteiger partial charge in [0.15, 0.2) is 0 Å². The van der Waals surface area contributed by atoms with Crippen LogP contribution in [0.15, 0.2) is 36.5 Å². The Kier molecular flexibility index (Phi) is 4.55. The van der Waals surface area contributed by atoms with Crippen LogP contribution < -0.4 is 15.4 Å². The number of nitro benzene ring substituents is 1. The summed E-state index contributed by atoms with van der Waals surface area (Å²) in [6.45, 7) is 0.436. The summed E-state index contributed by atoms with van der Waals surface area (Å²) in [5.74, 6) is 0.530. The highest BCUT2D eigenvalue weighted by atomic mass is 16.6. The highest BCUT2D eigenvalue weighted by Crippen LogP contribution is 2.32. The van der Waals surface area contributed by atoms with Crippen LogP contribution in [0.1, 0.15) is 5.56 Å². The number of benzene rings is 1. The molecular weight excluding hydrogens is 272 g/mol. The first-order valence-electron chi connectivity index (χ1n) is 6.33. The van der Waals surface area contributed by atoms with Gasteiger partial charge >= 0.3 is 5.69 Å². The molecule has 0 aliphatic heterocycles. The Labute approximate surface area is 122 Å². The van der Waals surface area contributed by atoms with Gasteiger partial charge < -0.3 is 15.4 Å². The molecule has 1 heterocycles. The fourth-order valence-corrected chi connectivity index (χ4v) is 1.92. The molecule has 0 spiro atoms. The number of nitrogens with one attached hydrogen (secondary N) is 2. The average molecular weight is 288 g/mol. The van der Waals surface area contributed by atoms with Crippen molar-refractivity contribution in [3.05, 3.63) is 52.2 Å². The normalized spacial score (nSPS) is 10.0. The summed E-state index contributed by atoms with van der Waals surface area (Å²) in [4.78, 5) is 14.9. The lowest BCUT2D eigenvalue weighted by Gasteiger charge is -2.10.